The minimum absolute atomic E-state index is 0.0919. The Hall–Kier alpha value is -2.04. The molecule has 2 atom stereocenters. The van der Waals surface area contributed by atoms with E-state index in [2.05, 4.69) is 20.4 Å². The van der Waals surface area contributed by atoms with Crippen molar-refractivity contribution in [2.45, 2.75) is 55.4 Å². The average molecular weight is 495 g/mol. The van der Waals surface area contributed by atoms with E-state index < -0.39 is 18.4 Å². The van der Waals surface area contributed by atoms with Gasteiger partial charge in [0.2, 0.25) is 0 Å². The molecule has 33 heavy (non-hydrogen) atoms. The molecular formula is C23H30N2O6S2. The third-order valence-electron chi connectivity index (χ3n) is 6.03. The van der Waals surface area contributed by atoms with Crippen LogP contribution in [0, 0.1) is 0 Å². The minimum atomic E-state index is -1.28. The van der Waals surface area contributed by atoms with Crippen LogP contribution in [0.3, 0.4) is 0 Å². The first-order valence-electron chi connectivity index (χ1n) is 10.9. The lowest BCUT2D eigenvalue weighted by molar-refractivity contribution is 0.0489. The Bertz CT molecular complexity index is 965. The maximum atomic E-state index is 13.4. The second-order valence-corrected chi connectivity index (χ2v) is 12.2. The highest BCUT2D eigenvalue weighted by Crippen LogP contribution is 2.54. The van der Waals surface area contributed by atoms with Crippen molar-refractivity contribution in [1.29, 1.82) is 0 Å². The maximum absolute atomic E-state index is 13.4. The Morgan fingerprint density at radius 1 is 1.27 bits per heavy atom. The van der Waals surface area contributed by atoms with Crippen LogP contribution in [0.4, 0.5) is 10.5 Å². The summed E-state index contributed by atoms with van der Waals surface area (Å²) in [6.45, 7) is 8.82. The van der Waals surface area contributed by atoms with Gasteiger partial charge in [-0.2, -0.15) is 0 Å². The minimum Gasteiger partial charge on any atom is -0.493 e. The van der Waals surface area contributed by atoms with Crippen molar-refractivity contribution in [3.8, 4) is 11.5 Å². The van der Waals surface area contributed by atoms with Crippen LogP contribution in [0.15, 0.2) is 24.3 Å². The van der Waals surface area contributed by atoms with Crippen LogP contribution in [-0.2, 0) is 4.74 Å². The summed E-state index contributed by atoms with van der Waals surface area (Å²) in [5, 5.41) is 11.8. The molecule has 2 fully saturated rings. The highest BCUT2D eigenvalue weighted by molar-refractivity contribution is 8.77. The summed E-state index contributed by atoms with van der Waals surface area (Å²) < 4.78 is 16.4. The van der Waals surface area contributed by atoms with Gasteiger partial charge >= 0.3 is 6.09 Å². The van der Waals surface area contributed by atoms with Crippen LogP contribution in [0.1, 0.15) is 43.5 Å². The van der Waals surface area contributed by atoms with E-state index in [1.807, 2.05) is 0 Å². The summed E-state index contributed by atoms with van der Waals surface area (Å²) in [5.41, 5.74) is 1.31. The van der Waals surface area contributed by atoms with Crippen molar-refractivity contribution in [3.05, 3.63) is 29.8 Å². The molecule has 3 aliphatic rings. The molecular weight excluding hydrogens is 464 g/mol. The summed E-state index contributed by atoms with van der Waals surface area (Å²) in [7, 11) is 6.48. The van der Waals surface area contributed by atoms with Gasteiger partial charge in [-0.15, -0.1) is 0 Å². The van der Waals surface area contributed by atoms with Crippen molar-refractivity contribution in [2.75, 3.05) is 32.3 Å². The van der Waals surface area contributed by atoms with E-state index in [9.17, 15) is 14.7 Å². The van der Waals surface area contributed by atoms with Crippen LogP contribution in [0.5, 0.6) is 11.5 Å². The first-order chi connectivity index (χ1) is 15.7. The first-order valence-corrected chi connectivity index (χ1v) is 13.1. The average Bonchev–Trinajstić information content (AvgIpc) is 3.48. The van der Waals surface area contributed by atoms with E-state index in [1.165, 1.54) is 19.1 Å². The number of hydrogen-bond donors (Lipinski definition) is 1. The number of hydrogen-bond acceptors (Lipinski definition) is 8. The molecule has 2 aliphatic heterocycles. The Labute approximate surface area is 202 Å². The molecule has 0 bridgehead atoms. The molecule has 1 aromatic carbocycles. The number of aliphatic hydroxyl groups excluding tert-OH is 1. The topological polar surface area (TPSA) is 88.5 Å². The number of nitrogens with zero attached hydrogens (tertiary/aromatic N) is 2. The van der Waals surface area contributed by atoms with Crippen molar-refractivity contribution in [2.24, 2.45) is 0 Å². The van der Waals surface area contributed by atoms with Crippen LogP contribution < -0.4 is 14.4 Å². The molecule has 1 saturated carbocycles. The van der Waals surface area contributed by atoms with Gasteiger partial charge in [-0.25, -0.2) is 9.69 Å². The van der Waals surface area contributed by atoms with E-state index in [0.29, 0.717) is 29.7 Å². The largest absolute Gasteiger partial charge is 0.493 e. The fourth-order valence-electron chi connectivity index (χ4n) is 4.08. The fourth-order valence-corrected chi connectivity index (χ4v) is 6.69. The van der Waals surface area contributed by atoms with Crippen LogP contribution in [0.2, 0.25) is 0 Å². The standard InChI is InChI=1S/C23H30N2O6S2/c1-13(2)32-33-23(6-7-23)12-31-22(28)25-16-10-19(30-5)18(29-4)9-15(16)20(26)24-11-14(3)8-17(24)21(25)27/h9-10,13,17,21,27H,3,6-8,11-12H2,1-2,4-5H3/t17-,21?/m0/s1. The van der Waals surface area contributed by atoms with Crippen molar-refractivity contribution in [1.82, 2.24) is 4.90 Å². The van der Waals surface area contributed by atoms with Crippen LogP contribution in [-0.4, -0.2) is 71.6 Å². The Balaban J connectivity index is 1.67. The van der Waals surface area contributed by atoms with Gasteiger partial charge in [-0.05, 0) is 25.3 Å². The number of amides is 2. The van der Waals surface area contributed by atoms with E-state index >= 15 is 0 Å². The zero-order valence-electron chi connectivity index (χ0n) is 19.3. The molecule has 2 heterocycles. The van der Waals surface area contributed by atoms with Gasteiger partial charge in [-0.3, -0.25) is 4.79 Å². The summed E-state index contributed by atoms with van der Waals surface area (Å²) in [6, 6.07) is 2.48. The molecule has 1 unspecified atom stereocenters. The summed E-state index contributed by atoms with van der Waals surface area (Å²) in [5.74, 6) is 0.414. The monoisotopic (exact) mass is 494 g/mol. The lowest BCUT2D eigenvalue weighted by Gasteiger charge is -2.32. The third-order valence-corrected chi connectivity index (χ3v) is 9.90. The second-order valence-electron chi connectivity index (χ2n) is 8.93. The number of anilines is 1. The zero-order valence-corrected chi connectivity index (χ0v) is 21.0. The SMILES string of the molecule is C=C1C[C@H]2C(O)N(C(=O)OCC3(SSC(C)C)CC3)c3cc(OC)c(OC)cc3C(=O)N2C1. The highest BCUT2D eigenvalue weighted by Gasteiger charge is 2.49. The van der Waals surface area contributed by atoms with Gasteiger partial charge in [-0.1, -0.05) is 47.6 Å². The fraction of sp³-hybridized carbons (Fsp3) is 0.565. The second kappa shape index (κ2) is 9.31. The molecule has 0 aromatic heterocycles. The molecule has 0 spiro atoms. The van der Waals surface area contributed by atoms with Crippen molar-refractivity contribution >= 4 is 39.3 Å². The van der Waals surface area contributed by atoms with Gasteiger partial charge in [0.15, 0.2) is 17.7 Å². The van der Waals surface area contributed by atoms with Crippen molar-refractivity contribution in [3.63, 3.8) is 0 Å². The molecule has 1 N–H and O–H groups in total. The number of carbonyl (C=O) groups excluding carboxylic acids is 2. The van der Waals surface area contributed by atoms with Gasteiger partial charge in [0.05, 0.1) is 36.3 Å². The number of methoxy groups -OCH3 is 2. The lowest BCUT2D eigenvalue weighted by Crippen LogP contribution is -2.51. The number of fused-ring (bicyclic) bond motifs is 2. The van der Waals surface area contributed by atoms with Gasteiger partial charge in [0.25, 0.3) is 5.91 Å². The number of ether oxygens (including phenoxy) is 3. The predicted molar refractivity (Wildman–Crippen MR) is 130 cm³/mol. The number of carbonyl (C=O) groups is 2. The summed E-state index contributed by atoms with van der Waals surface area (Å²) in [4.78, 5) is 29.5. The van der Waals surface area contributed by atoms with Gasteiger partial charge < -0.3 is 24.2 Å². The smallest absolute Gasteiger partial charge is 0.416 e. The van der Waals surface area contributed by atoms with E-state index in [0.717, 1.165) is 18.4 Å². The molecule has 2 amide bonds. The van der Waals surface area contributed by atoms with Crippen LogP contribution in [0.25, 0.3) is 0 Å². The Kier molecular flexibility index (Phi) is 6.80. The number of aliphatic hydroxyl groups is 1. The summed E-state index contributed by atoms with van der Waals surface area (Å²) >= 11 is 0. The molecule has 1 aliphatic carbocycles. The highest BCUT2D eigenvalue weighted by atomic mass is 33.1. The number of rotatable bonds is 7. The lowest BCUT2D eigenvalue weighted by atomic mass is 10.1. The van der Waals surface area contributed by atoms with Gasteiger partial charge in [0.1, 0.15) is 6.61 Å². The molecule has 0 radical (unpaired) electrons. The molecule has 10 heteroatoms. The Morgan fingerprint density at radius 3 is 2.55 bits per heavy atom. The normalized spacial score (nSPS) is 23.2. The van der Waals surface area contributed by atoms with Crippen LogP contribution >= 0.6 is 21.6 Å². The van der Waals surface area contributed by atoms with Gasteiger partial charge in [0, 0.05) is 17.9 Å². The van der Waals surface area contributed by atoms with E-state index in [-0.39, 0.29) is 28.5 Å². The molecule has 8 nitrogen and oxygen atoms in total. The zero-order chi connectivity index (χ0) is 23.9. The molecule has 4 rings (SSSR count). The first kappa shape index (κ1) is 24.1. The molecule has 180 valence electrons. The van der Waals surface area contributed by atoms with E-state index in [4.69, 9.17) is 14.2 Å². The third kappa shape index (κ3) is 4.65. The van der Waals surface area contributed by atoms with Crippen molar-refractivity contribution < 1.29 is 28.9 Å². The Morgan fingerprint density at radius 2 is 1.94 bits per heavy atom. The quantitative estimate of drug-likeness (QED) is 0.448. The summed E-state index contributed by atoms with van der Waals surface area (Å²) in [6.07, 6.45) is 0.383. The molecule has 1 saturated heterocycles. The predicted octanol–water partition coefficient (Wildman–Crippen LogP) is 4.07. The molecule has 1 aromatic rings. The number of benzene rings is 1. The maximum Gasteiger partial charge on any atom is 0.416 e. The van der Waals surface area contributed by atoms with E-state index in [1.54, 1.807) is 38.6 Å².